The van der Waals surface area contributed by atoms with Gasteiger partial charge in [-0.3, -0.25) is 4.79 Å². The Morgan fingerprint density at radius 2 is 1.81 bits per heavy atom. The van der Waals surface area contributed by atoms with Crippen LogP contribution in [0.5, 0.6) is 0 Å². The second kappa shape index (κ2) is 8.41. The van der Waals surface area contributed by atoms with Crippen LogP contribution in [0.3, 0.4) is 0 Å². The van der Waals surface area contributed by atoms with Crippen molar-refractivity contribution in [3.63, 3.8) is 0 Å². The Hall–Kier alpha value is -2.98. The van der Waals surface area contributed by atoms with Crippen LogP contribution in [0.2, 0.25) is 0 Å². The van der Waals surface area contributed by atoms with Gasteiger partial charge in [0.2, 0.25) is 5.91 Å². The predicted molar refractivity (Wildman–Crippen MR) is 104 cm³/mol. The number of carbonyl (C=O) groups is 1. The number of hydrogen-bond donors (Lipinski definition) is 1. The number of aromatic nitrogens is 1. The fourth-order valence-electron chi connectivity index (χ4n) is 2.98. The average molecular weight is 346 g/mol. The van der Waals surface area contributed by atoms with Gasteiger partial charge in [-0.05, 0) is 30.2 Å². The normalized spacial score (nSPS) is 12.4. The number of hydrogen-bond acceptors (Lipinski definition) is 3. The highest BCUT2D eigenvalue weighted by molar-refractivity contribution is 5.92. The summed E-state index contributed by atoms with van der Waals surface area (Å²) in [4.78, 5) is 18.8. The topological polar surface area (TPSA) is 53.4 Å². The molecule has 1 aromatic heterocycles. The van der Waals surface area contributed by atoms with Gasteiger partial charge in [0.1, 0.15) is 0 Å². The van der Waals surface area contributed by atoms with Crippen LogP contribution in [0.25, 0.3) is 17.0 Å². The first kappa shape index (κ1) is 17.8. The monoisotopic (exact) mass is 346 g/mol. The summed E-state index contributed by atoms with van der Waals surface area (Å²) >= 11 is 0. The lowest BCUT2D eigenvalue weighted by Gasteiger charge is -2.27. The minimum atomic E-state index is -0.164. The molecule has 1 atom stereocenters. The summed E-state index contributed by atoms with van der Waals surface area (Å²) in [5.74, 6) is -0.123. The van der Waals surface area contributed by atoms with E-state index in [1.54, 1.807) is 18.0 Å². The maximum Gasteiger partial charge on any atom is 0.246 e. The van der Waals surface area contributed by atoms with Gasteiger partial charge in [0, 0.05) is 25.1 Å². The fraction of sp³-hybridized carbons (Fsp3) is 0.182. The number of rotatable bonds is 6. The Morgan fingerprint density at radius 3 is 2.58 bits per heavy atom. The van der Waals surface area contributed by atoms with Crippen molar-refractivity contribution in [2.75, 3.05) is 13.7 Å². The van der Waals surface area contributed by atoms with Gasteiger partial charge in [0.05, 0.1) is 17.3 Å². The lowest BCUT2D eigenvalue weighted by atomic mass is 10.0. The lowest BCUT2D eigenvalue weighted by Crippen LogP contribution is -2.30. The van der Waals surface area contributed by atoms with E-state index in [9.17, 15) is 9.90 Å². The second-order valence-corrected chi connectivity index (χ2v) is 6.15. The summed E-state index contributed by atoms with van der Waals surface area (Å²) in [5.41, 5.74) is 2.65. The number of nitrogens with zero attached hydrogens (tertiary/aromatic N) is 2. The molecule has 1 amide bonds. The Labute approximate surface area is 153 Å². The van der Waals surface area contributed by atoms with Crippen LogP contribution < -0.4 is 0 Å². The molecule has 0 bridgehead atoms. The smallest absolute Gasteiger partial charge is 0.246 e. The van der Waals surface area contributed by atoms with Gasteiger partial charge in [0.15, 0.2) is 0 Å². The van der Waals surface area contributed by atoms with Crippen molar-refractivity contribution in [3.05, 3.63) is 84.1 Å². The molecule has 0 saturated carbocycles. The molecule has 0 saturated heterocycles. The Bertz CT molecular complexity index is 906. The van der Waals surface area contributed by atoms with Gasteiger partial charge in [-0.2, -0.15) is 0 Å². The molecule has 3 aromatic rings. The summed E-state index contributed by atoms with van der Waals surface area (Å²) in [6, 6.07) is 21.4. The molecule has 132 valence electrons. The molecule has 3 rings (SSSR count). The first-order valence-electron chi connectivity index (χ1n) is 8.65. The molecule has 0 spiro atoms. The Balaban J connectivity index is 1.77. The molecule has 0 aliphatic heterocycles. The Morgan fingerprint density at radius 1 is 1.08 bits per heavy atom. The zero-order valence-corrected chi connectivity index (χ0v) is 14.7. The molecular formula is C22H22N2O2. The molecule has 0 aliphatic carbocycles. The van der Waals surface area contributed by atoms with Gasteiger partial charge in [-0.15, -0.1) is 0 Å². The van der Waals surface area contributed by atoms with Gasteiger partial charge in [0.25, 0.3) is 0 Å². The van der Waals surface area contributed by atoms with Crippen molar-refractivity contribution in [3.8, 4) is 0 Å². The molecule has 1 unspecified atom stereocenters. The maximum absolute atomic E-state index is 12.6. The molecule has 1 N–H and O–H groups in total. The summed E-state index contributed by atoms with van der Waals surface area (Å²) in [7, 11) is 1.76. The first-order valence-corrected chi connectivity index (χ1v) is 8.65. The average Bonchev–Trinajstić information content (AvgIpc) is 2.70. The molecule has 4 heteroatoms. The highest BCUT2D eigenvalue weighted by Gasteiger charge is 2.19. The predicted octanol–water partition coefficient (Wildman–Crippen LogP) is 3.83. The van der Waals surface area contributed by atoms with Crippen LogP contribution in [0, 0.1) is 0 Å². The van der Waals surface area contributed by atoms with E-state index < -0.39 is 0 Å². The summed E-state index contributed by atoms with van der Waals surface area (Å²) in [6.07, 6.45) is 3.75. The van der Waals surface area contributed by atoms with Crippen molar-refractivity contribution in [2.45, 2.75) is 12.5 Å². The zero-order chi connectivity index (χ0) is 18.4. The number of carbonyl (C=O) groups excluding carboxylic acids is 1. The van der Waals surface area contributed by atoms with Crippen molar-refractivity contribution in [2.24, 2.45) is 0 Å². The van der Waals surface area contributed by atoms with Gasteiger partial charge in [-0.1, -0.05) is 54.6 Å². The van der Waals surface area contributed by atoms with E-state index in [0.29, 0.717) is 6.42 Å². The molecule has 1 heterocycles. The number of amides is 1. The minimum absolute atomic E-state index is 0.0210. The van der Waals surface area contributed by atoms with Gasteiger partial charge in [-0.25, -0.2) is 4.98 Å². The van der Waals surface area contributed by atoms with Crippen molar-refractivity contribution < 1.29 is 9.90 Å². The molecule has 2 aromatic carbocycles. The summed E-state index contributed by atoms with van der Waals surface area (Å²) in [5, 5.41) is 10.4. The van der Waals surface area contributed by atoms with E-state index in [1.165, 1.54) is 6.08 Å². The quantitative estimate of drug-likeness (QED) is 0.690. The highest BCUT2D eigenvalue weighted by Crippen LogP contribution is 2.23. The van der Waals surface area contributed by atoms with Gasteiger partial charge < -0.3 is 10.0 Å². The first-order chi connectivity index (χ1) is 12.7. The van der Waals surface area contributed by atoms with Crippen LogP contribution in [-0.4, -0.2) is 34.6 Å². The van der Waals surface area contributed by atoms with Crippen molar-refractivity contribution in [1.29, 1.82) is 0 Å². The third-order valence-corrected chi connectivity index (χ3v) is 4.42. The van der Waals surface area contributed by atoms with Crippen molar-refractivity contribution >= 4 is 22.9 Å². The molecule has 26 heavy (non-hydrogen) atoms. The number of aliphatic hydroxyl groups is 1. The molecular weight excluding hydrogens is 324 g/mol. The third-order valence-electron chi connectivity index (χ3n) is 4.42. The number of fused-ring (bicyclic) bond motifs is 1. The van der Waals surface area contributed by atoms with Crippen LogP contribution in [0.1, 0.15) is 23.7 Å². The zero-order valence-electron chi connectivity index (χ0n) is 14.7. The summed E-state index contributed by atoms with van der Waals surface area (Å²) < 4.78 is 0. The molecule has 0 aliphatic rings. The fourth-order valence-corrected chi connectivity index (χ4v) is 2.98. The third kappa shape index (κ3) is 4.16. The highest BCUT2D eigenvalue weighted by atomic mass is 16.3. The largest absolute Gasteiger partial charge is 0.396 e. The summed E-state index contributed by atoms with van der Waals surface area (Å²) in [6.45, 7) is 0.0210. The SMILES string of the molecule is CN(C(=O)/C=C/c1ccc2ccccc2n1)C(CCO)c1ccccc1. The van der Waals surface area contributed by atoms with E-state index in [1.807, 2.05) is 66.7 Å². The van der Waals surface area contributed by atoms with Crippen molar-refractivity contribution in [1.82, 2.24) is 9.88 Å². The van der Waals surface area contributed by atoms with E-state index in [4.69, 9.17) is 0 Å². The number of pyridine rings is 1. The molecule has 0 fully saturated rings. The molecule has 4 nitrogen and oxygen atoms in total. The van der Waals surface area contributed by atoms with E-state index >= 15 is 0 Å². The number of para-hydroxylation sites is 1. The number of benzene rings is 2. The van der Waals surface area contributed by atoms with E-state index in [0.717, 1.165) is 22.2 Å². The number of likely N-dealkylation sites (N-methyl/N-ethyl adjacent to an activating group) is 1. The van der Waals surface area contributed by atoms with Crippen LogP contribution >= 0.6 is 0 Å². The standard InChI is InChI=1S/C22H22N2O2/c1-24(21(15-16-25)18-8-3-2-4-9-18)22(26)14-13-19-12-11-17-7-5-6-10-20(17)23-19/h2-14,21,25H,15-16H2,1H3/b14-13+. The van der Waals surface area contributed by atoms with Crippen LogP contribution in [0.15, 0.2) is 72.8 Å². The van der Waals surface area contributed by atoms with E-state index in [2.05, 4.69) is 4.98 Å². The Kier molecular flexibility index (Phi) is 5.77. The van der Waals surface area contributed by atoms with Crippen LogP contribution in [-0.2, 0) is 4.79 Å². The van der Waals surface area contributed by atoms with Gasteiger partial charge >= 0.3 is 0 Å². The maximum atomic E-state index is 12.6. The second-order valence-electron chi connectivity index (χ2n) is 6.15. The van der Waals surface area contributed by atoms with E-state index in [-0.39, 0.29) is 18.6 Å². The minimum Gasteiger partial charge on any atom is -0.396 e. The number of aliphatic hydroxyl groups excluding tert-OH is 1. The molecule has 0 radical (unpaired) electrons. The van der Waals surface area contributed by atoms with Crippen LogP contribution in [0.4, 0.5) is 0 Å². The lowest BCUT2D eigenvalue weighted by molar-refractivity contribution is -0.127.